The number of phenols is 1. The fourth-order valence-electron chi connectivity index (χ4n) is 2.28. The third kappa shape index (κ3) is 4.93. The van der Waals surface area contributed by atoms with Crippen molar-refractivity contribution >= 4 is 46.5 Å². The average Bonchev–Trinajstić information content (AvgIpc) is 3.07. The number of rotatable bonds is 7. The molecule has 3 aromatic rings. The number of imidazole rings is 1. The van der Waals surface area contributed by atoms with E-state index in [1.807, 2.05) is 24.3 Å². The molecule has 1 amide bonds. The van der Waals surface area contributed by atoms with Gasteiger partial charge in [0.2, 0.25) is 0 Å². The number of carbonyl (C=O) groups excluding carboxylic acids is 1. The number of para-hydroxylation sites is 2. The number of fused-ring (bicyclic) bond motifs is 1. The number of hydrogen-bond acceptors (Lipinski definition) is 6. The van der Waals surface area contributed by atoms with Gasteiger partial charge >= 0.3 is 0 Å². The molecule has 0 saturated heterocycles. The number of nitrogens with one attached hydrogen (secondary N) is 2. The summed E-state index contributed by atoms with van der Waals surface area (Å²) < 4.78 is 5.30. The topological polar surface area (TPSA) is 99.6 Å². The van der Waals surface area contributed by atoms with Crippen molar-refractivity contribution in [1.29, 1.82) is 0 Å². The van der Waals surface area contributed by atoms with Crippen LogP contribution in [0.4, 0.5) is 0 Å². The molecular formula is C18H17ClN4O3S. The normalized spacial score (nSPS) is 11.2. The zero-order chi connectivity index (χ0) is 19.2. The Kier molecular flexibility index (Phi) is 6.20. The maximum atomic E-state index is 11.9. The quantitative estimate of drug-likeness (QED) is 0.317. The fourth-order valence-corrected chi connectivity index (χ4v) is 3.17. The summed E-state index contributed by atoms with van der Waals surface area (Å²) in [6.07, 6.45) is 1.43. The van der Waals surface area contributed by atoms with Crippen LogP contribution in [0.15, 0.2) is 46.7 Å². The van der Waals surface area contributed by atoms with Gasteiger partial charge in [0.15, 0.2) is 16.7 Å². The largest absolute Gasteiger partial charge is 0.503 e. The van der Waals surface area contributed by atoms with Gasteiger partial charge < -0.3 is 14.8 Å². The van der Waals surface area contributed by atoms with E-state index in [-0.39, 0.29) is 28.2 Å². The van der Waals surface area contributed by atoms with E-state index in [0.717, 1.165) is 11.0 Å². The predicted molar refractivity (Wildman–Crippen MR) is 107 cm³/mol. The van der Waals surface area contributed by atoms with E-state index in [1.54, 1.807) is 13.0 Å². The van der Waals surface area contributed by atoms with Gasteiger partial charge in [0.05, 0.1) is 34.6 Å². The Morgan fingerprint density at radius 2 is 2.26 bits per heavy atom. The van der Waals surface area contributed by atoms with Crippen LogP contribution in [0.2, 0.25) is 5.02 Å². The smallest absolute Gasteiger partial charge is 0.250 e. The van der Waals surface area contributed by atoms with E-state index in [0.29, 0.717) is 17.3 Å². The first-order valence-corrected chi connectivity index (χ1v) is 9.48. The van der Waals surface area contributed by atoms with E-state index in [1.165, 1.54) is 24.0 Å². The molecule has 3 rings (SSSR count). The Bertz CT molecular complexity index is 957. The van der Waals surface area contributed by atoms with E-state index in [2.05, 4.69) is 20.5 Å². The van der Waals surface area contributed by atoms with E-state index in [9.17, 15) is 9.90 Å². The Morgan fingerprint density at radius 1 is 1.44 bits per heavy atom. The first-order valence-electron chi connectivity index (χ1n) is 8.11. The molecule has 0 aliphatic rings. The molecule has 0 spiro atoms. The van der Waals surface area contributed by atoms with Crippen LogP contribution in [0.5, 0.6) is 11.5 Å². The van der Waals surface area contributed by atoms with Crippen molar-refractivity contribution in [2.24, 2.45) is 5.10 Å². The second-order valence-corrected chi connectivity index (χ2v) is 6.79. The lowest BCUT2D eigenvalue weighted by Gasteiger charge is -2.08. The maximum Gasteiger partial charge on any atom is 0.250 e. The number of aromatic nitrogens is 2. The van der Waals surface area contributed by atoms with Crippen molar-refractivity contribution in [3.63, 3.8) is 0 Å². The number of phenolic OH excluding ortho intramolecular Hbond substituents is 1. The van der Waals surface area contributed by atoms with Crippen molar-refractivity contribution in [1.82, 2.24) is 15.4 Å². The molecule has 0 aliphatic heterocycles. The summed E-state index contributed by atoms with van der Waals surface area (Å²) in [5.41, 5.74) is 4.81. The molecular weight excluding hydrogens is 388 g/mol. The van der Waals surface area contributed by atoms with Gasteiger partial charge in [0, 0.05) is 0 Å². The molecule has 0 unspecified atom stereocenters. The number of aromatic amines is 1. The standard InChI is InChI=1S/C18H17ClN4O3S/c1-2-26-15-8-11(7-12(19)17(15)25)9-20-23-16(24)10-27-18-21-13-5-3-4-6-14(13)22-18/h3-9,25H,2,10H2,1H3,(H,21,22)(H,23,24)/b20-9-. The number of carbonyl (C=O) groups is 1. The van der Waals surface area contributed by atoms with Gasteiger partial charge in [0.25, 0.3) is 5.91 Å². The van der Waals surface area contributed by atoms with Crippen molar-refractivity contribution in [3.8, 4) is 11.5 Å². The number of nitrogens with zero attached hydrogens (tertiary/aromatic N) is 2. The SMILES string of the molecule is CCOc1cc(/C=N\NC(=O)CSc2nc3ccccc3[nH]2)cc(Cl)c1O. The maximum absolute atomic E-state index is 11.9. The molecule has 0 fully saturated rings. The monoisotopic (exact) mass is 404 g/mol. The van der Waals surface area contributed by atoms with Crippen LogP contribution in [0.25, 0.3) is 11.0 Å². The number of ether oxygens (including phenoxy) is 1. The summed E-state index contributed by atoms with van der Waals surface area (Å²) >= 11 is 7.24. The van der Waals surface area contributed by atoms with Gasteiger partial charge in [-0.15, -0.1) is 0 Å². The second kappa shape index (κ2) is 8.79. The molecule has 0 atom stereocenters. The van der Waals surface area contributed by atoms with Crippen LogP contribution in [0.3, 0.4) is 0 Å². The number of benzene rings is 2. The van der Waals surface area contributed by atoms with Crippen LogP contribution in [0, 0.1) is 0 Å². The molecule has 1 heterocycles. The van der Waals surface area contributed by atoms with Crippen LogP contribution in [-0.2, 0) is 4.79 Å². The molecule has 7 nitrogen and oxygen atoms in total. The number of hydrogen-bond donors (Lipinski definition) is 3. The minimum atomic E-state index is -0.272. The Balaban J connectivity index is 1.55. The number of aromatic hydroxyl groups is 1. The van der Waals surface area contributed by atoms with Crippen LogP contribution in [-0.4, -0.2) is 39.6 Å². The van der Waals surface area contributed by atoms with E-state index in [4.69, 9.17) is 16.3 Å². The van der Waals surface area contributed by atoms with Crippen LogP contribution >= 0.6 is 23.4 Å². The summed E-state index contributed by atoms with van der Waals surface area (Å²) in [6, 6.07) is 10.8. The number of amides is 1. The van der Waals surface area contributed by atoms with Crippen molar-refractivity contribution in [3.05, 3.63) is 47.0 Å². The molecule has 9 heteroatoms. The highest BCUT2D eigenvalue weighted by Gasteiger charge is 2.09. The van der Waals surface area contributed by atoms with E-state index < -0.39 is 0 Å². The molecule has 0 saturated carbocycles. The van der Waals surface area contributed by atoms with Crippen molar-refractivity contribution in [2.75, 3.05) is 12.4 Å². The Morgan fingerprint density at radius 3 is 3.04 bits per heavy atom. The van der Waals surface area contributed by atoms with Gasteiger partial charge in [-0.2, -0.15) is 5.10 Å². The second-order valence-electron chi connectivity index (χ2n) is 5.42. The van der Waals surface area contributed by atoms with Crippen molar-refractivity contribution in [2.45, 2.75) is 12.1 Å². The van der Waals surface area contributed by atoms with E-state index >= 15 is 0 Å². The van der Waals surface area contributed by atoms with Gasteiger partial charge in [-0.1, -0.05) is 35.5 Å². The highest BCUT2D eigenvalue weighted by molar-refractivity contribution is 7.99. The number of halogens is 1. The molecule has 27 heavy (non-hydrogen) atoms. The molecule has 0 bridgehead atoms. The molecule has 0 radical (unpaired) electrons. The first-order chi connectivity index (χ1) is 13.1. The Hall–Kier alpha value is -2.71. The fraction of sp³-hybridized carbons (Fsp3) is 0.167. The molecule has 3 N–H and O–H groups in total. The molecule has 0 aliphatic carbocycles. The highest BCUT2D eigenvalue weighted by atomic mass is 35.5. The summed E-state index contributed by atoms with van der Waals surface area (Å²) in [5, 5.41) is 14.5. The first kappa shape index (κ1) is 19.1. The highest BCUT2D eigenvalue weighted by Crippen LogP contribution is 2.34. The van der Waals surface area contributed by atoms with Gasteiger partial charge in [-0.05, 0) is 36.8 Å². The van der Waals surface area contributed by atoms with Gasteiger partial charge in [-0.3, -0.25) is 4.79 Å². The lowest BCUT2D eigenvalue weighted by atomic mass is 10.2. The van der Waals surface area contributed by atoms with Gasteiger partial charge in [0.1, 0.15) is 0 Å². The number of hydrazone groups is 1. The average molecular weight is 405 g/mol. The number of thioether (sulfide) groups is 1. The van der Waals surface area contributed by atoms with Crippen molar-refractivity contribution < 1.29 is 14.6 Å². The molecule has 140 valence electrons. The predicted octanol–water partition coefficient (Wildman–Crippen LogP) is 3.56. The van der Waals surface area contributed by atoms with Crippen LogP contribution in [0.1, 0.15) is 12.5 Å². The van der Waals surface area contributed by atoms with Gasteiger partial charge in [-0.25, -0.2) is 10.4 Å². The summed E-state index contributed by atoms with van der Waals surface area (Å²) in [5.74, 6) is 0.0318. The zero-order valence-electron chi connectivity index (χ0n) is 14.4. The third-order valence-electron chi connectivity index (χ3n) is 3.46. The molecule has 2 aromatic carbocycles. The number of H-pyrrole nitrogens is 1. The lowest BCUT2D eigenvalue weighted by Crippen LogP contribution is -2.19. The summed E-state index contributed by atoms with van der Waals surface area (Å²) in [7, 11) is 0. The minimum absolute atomic E-state index is 0.123. The zero-order valence-corrected chi connectivity index (χ0v) is 16.0. The third-order valence-corrected chi connectivity index (χ3v) is 4.62. The summed E-state index contributed by atoms with van der Waals surface area (Å²) in [4.78, 5) is 19.5. The lowest BCUT2D eigenvalue weighted by molar-refractivity contribution is -0.118. The van der Waals surface area contributed by atoms with Crippen LogP contribution < -0.4 is 10.2 Å². The molecule has 1 aromatic heterocycles. The summed E-state index contributed by atoms with van der Waals surface area (Å²) in [6.45, 7) is 2.19. The Labute approximate surface area is 164 Å². The minimum Gasteiger partial charge on any atom is -0.503 e.